The number of aliphatic hydroxyl groups excluding tert-OH is 1. The molecule has 2 nitrogen and oxygen atoms in total. The first-order valence-corrected chi connectivity index (χ1v) is 4.36. The van der Waals surface area contributed by atoms with Gasteiger partial charge < -0.3 is 10.0 Å². The van der Waals surface area contributed by atoms with Crippen LogP contribution in [0.2, 0.25) is 0 Å². The first kappa shape index (κ1) is 9.01. The van der Waals surface area contributed by atoms with Crippen LogP contribution in [0.4, 0.5) is 0 Å². The molecule has 1 aliphatic rings. The SMILES string of the molecule is CN1CCC(C)(C)CC(O)C1. The van der Waals surface area contributed by atoms with Gasteiger partial charge in [-0.2, -0.15) is 0 Å². The lowest BCUT2D eigenvalue weighted by molar-refractivity contribution is 0.110. The van der Waals surface area contributed by atoms with Gasteiger partial charge in [0.05, 0.1) is 6.10 Å². The monoisotopic (exact) mass is 157 g/mol. The third-order valence-electron chi connectivity index (χ3n) is 2.48. The van der Waals surface area contributed by atoms with Gasteiger partial charge in [0.25, 0.3) is 0 Å². The van der Waals surface area contributed by atoms with Crippen LogP contribution >= 0.6 is 0 Å². The summed E-state index contributed by atoms with van der Waals surface area (Å²) in [7, 11) is 2.07. The molecule has 0 amide bonds. The number of hydrogen-bond acceptors (Lipinski definition) is 2. The van der Waals surface area contributed by atoms with Crippen LogP contribution in [-0.2, 0) is 0 Å². The quantitative estimate of drug-likeness (QED) is 0.569. The van der Waals surface area contributed by atoms with Crippen LogP contribution in [-0.4, -0.2) is 36.2 Å². The van der Waals surface area contributed by atoms with Gasteiger partial charge in [0.15, 0.2) is 0 Å². The minimum Gasteiger partial charge on any atom is -0.392 e. The third kappa shape index (κ3) is 2.80. The number of aliphatic hydroxyl groups is 1. The van der Waals surface area contributed by atoms with Gasteiger partial charge in [0.2, 0.25) is 0 Å². The van der Waals surface area contributed by atoms with Crippen molar-refractivity contribution in [3.63, 3.8) is 0 Å². The van der Waals surface area contributed by atoms with Crippen LogP contribution in [0.15, 0.2) is 0 Å². The van der Waals surface area contributed by atoms with Gasteiger partial charge in [-0.15, -0.1) is 0 Å². The fourth-order valence-corrected chi connectivity index (χ4v) is 1.75. The molecule has 1 N–H and O–H groups in total. The summed E-state index contributed by atoms with van der Waals surface area (Å²) < 4.78 is 0. The smallest absolute Gasteiger partial charge is 0.0672 e. The second kappa shape index (κ2) is 3.11. The van der Waals surface area contributed by atoms with E-state index in [0.717, 1.165) is 19.5 Å². The van der Waals surface area contributed by atoms with E-state index in [9.17, 15) is 5.11 Å². The molecule has 0 aromatic rings. The summed E-state index contributed by atoms with van der Waals surface area (Å²) in [5.41, 5.74) is 0.324. The number of likely N-dealkylation sites (tertiary alicyclic amines) is 1. The maximum absolute atomic E-state index is 9.55. The van der Waals surface area contributed by atoms with E-state index in [2.05, 4.69) is 25.8 Å². The Hall–Kier alpha value is -0.0800. The summed E-state index contributed by atoms with van der Waals surface area (Å²) in [5.74, 6) is 0. The Balaban J connectivity index is 2.53. The number of nitrogens with zero attached hydrogens (tertiary/aromatic N) is 1. The van der Waals surface area contributed by atoms with Gasteiger partial charge in [0.1, 0.15) is 0 Å². The number of β-amino-alcohol motifs (C(OH)–C–C–N with tert-alkyl or cyclic N) is 1. The lowest BCUT2D eigenvalue weighted by Gasteiger charge is -2.22. The highest BCUT2D eigenvalue weighted by molar-refractivity contribution is 4.79. The molecule has 0 bridgehead atoms. The zero-order valence-corrected chi connectivity index (χ0v) is 7.80. The molecule has 1 saturated heterocycles. The summed E-state index contributed by atoms with van der Waals surface area (Å²) in [6.07, 6.45) is 2.01. The molecule has 1 aliphatic heterocycles. The number of likely N-dealkylation sites (N-methyl/N-ethyl adjacent to an activating group) is 1. The molecule has 0 aliphatic carbocycles. The largest absolute Gasteiger partial charge is 0.392 e. The standard InChI is InChI=1S/C9H19NO/c1-9(2)4-5-10(3)7-8(11)6-9/h8,11H,4-7H2,1-3H3. The summed E-state index contributed by atoms with van der Waals surface area (Å²) >= 11 is 0. The van der Waals surface area contributed by atoms with Crippen LogP contribution in [0.1, 0.15) is 26.7 Å². The Labute approximate surface area is 69.2 Å². The number of rotatable bonds is 0. The van der Waals surface area contributed by atoms with Crippen molar-refractivity contribution in [1.82, 2.24) is 4.90 Å². The second-order valence-corrected chi connectivity index (χ2v) is 4.53. The van der Waals surface area contributed by atoms with Crippen molar-refractivity contribution in [3.8, 4) is 0 Å². The lowest BCUT2D eigenvalue weighted by atomic mass is 9.84. The highest BCUT2D eigenvalue weighted by Gasteiger charge is 2.26. The lowest BCUT2D eigenvalue weighted by Crippen LogP contribution is -2.27. The minimum atomic E-state index is -0.127. The number of hydrogen-bond donors (Lipinski definition) is 1. The van der Waals surface area contributed by atoms with Crippen molar-refractivity contribution in [2.75, 3.05) is 20.1 Å². The summed E-state index contributed by atoms with van der Waals surface area (Å²) in [4.78, 5) is 2.21. The average molecular weight is 157 g/mol. The van der Waals surface area contributed by atoms with E-state index < -0.39 is 0 Å². The predicted octanol–water partition coefficient (Wildman–Crippen LogP) is 1.10. The molecule has 1 fully saturated rings. The second-order valence-electron chi connectivity index (χ2n) is 4.53. The topological polar surface area (TPSA) is 23.5 Å². The fraction of sp³-hybridized carbons (Fsp3) is 1.00. The molecule has 11 heavy (non-hydrogen) atoms. The average Bonchev–Trinajstić information content (AvgIpc) is 1.90. The highest BCUT2D eigenvalue weighted by Crippen LogP contribution is 2.29. The molecule has 66 valence electrons. The Morgan fingerprint density at radius 1 is 1.45 bits per heavy atom. The van der Waals surface area contributed by atoms with Crippen LogP contribution in [0.3, 0.4) is 0 Å². The summed E-state index contributed by atoms with van der Waals surface area (Å²) in [5, 5.41) is 9.55. The molecule has 1 atom stereocenters. The van der Waals surface area contributed by atoms with Gasteiger partial charge in [-0.3, -0.25) is 0 Å². The van der Waals surface area contributed by atoms with Gasteiger partial charge in [-0.1, -0.05) is 13.8 Å². The first-order chi connectivity index (χ1) is 4.99. The maximum Gasteiger partial charge on any atom is 0.0672 e. The van der Waals surface area contributed by atoms with Crippen molar-refractivity contribution >= 4 is 0 Å². The Bertz CT molecular complexity index is 134. The molecule has 2 heteroatoms. The van der Waals surface area contributed by atoms with Crippen molar-refractivity contribution in [3.05, 3.63) is 0 Å². The zero-order valence-electron chi connectivity index (χ0n) is 7.80. The normalized spacial score (nSPS) is 33.3. The van der Waals surface area contributed by atoms with E-state index in [0.29, 0.717) is 5.41 Å². The van der Waals surface area contributed by atoms with Crippen LogP contribution in [0.25, 0.3) is 0 Å². The zero-order chi connectivity index (χ0) is 8.48. The molecular formula is C9H19NO. The molecule has 0 aromatic carbocycles. The maximum atomic E-state index is 9.55. The highest BCUT2D eigenvalue weighted by atomic mass is 16.3. The van der Waals surface area contributed by atoms with Gasteiger partial charge in [0, 0.05) is 6.54 Å². The van der Waals surface area contributed by atoms with Gasteiger partial charge in [-0.25, -0.2) is 0 Å². The van der Waals surface area contributed by atoms with Crippen LogP contribution < -0.4 is 0 Å². The van der Waals surface area contributed by atoms with Crippen molar-refractivity contribution in [1.29, 1.82) is 0 Å². The molecular weight excluding hydrogens is 138 g/mol. The van der Waals surface area contributed by atoms with Crippen molar-refractivity contribution in [2.45, 2.75) is 32.8 Å². The van der Waals surface area contributed by atoms with E-state index in [-0.39, 0.29) is 6.10 Å². The van der Waals surface area contributed by atoms with Crippen molar-refractivity contribution in [2.24, 2.45) is 5.41 Å². The van der Waals surface area contributed by atoms with Gasteiger partial charge in [-0.05, 0) is 31.8 Å². The Kier molecular flexibility index (Phi) is 2.55. The van der Waals surface area contributed by atoms with E-state index in [1.54, 1.807) is 0 Å². The van der Waals surface area contributed by atoms with Crippen LogP contribution in [0.5, 0.6) is 0 Å². The molecule has 1 rings (SSSR count). The molecule has 0 aromatic heterocycles. The molecule has 0 spiro atoms. The third-order valence-corrected chi connectivity index (χ3v) is 2.48. The van der Waals surface area contributed by atoms with E-state index in [1.165, 1.54) is 6.42 Å². The van der Waals surface area contributed by atoms with E-state index >= 15 is 0 Å². The van der Waals surface area contributed by atoms with Crippen LogP contribution in [0, 0.1) is 5.41 Å². The molecule has 1 heterocycles. The Morgan fingerprint density at radius 2 is 2.09 bits per heavy atom. The summed E-state index contributed by atoms with van der Waals surface area (Å²) in [6, 6.07) is 0. The van der Waals surface area contributed by atoms with E-state index in [4.69, 9.17) is 0 Å². The fourth-order valence-electron chi connectivity index (χ4n) is 1.75. The first-order valence-electron chi connectivity index (χ1n) is 4.36. The molecule has 1 unspecified atom stereocenters. The molecule has 0 radical (unpaired) electrons. The Morgan fingerprint density at radius 3 is 2.73 bits per heavy atom. The predicted molar refractivity (Wildman–Crippen MR) is 46.5 cm³/mol. The molecule has 0 saturated carbocycles. The summed E-state index contributed by atoms with van der Waals surface area (Å²) in [6.45, 7) is 6.41. The van der Waals surface area contributed by atoms with Crippen molar-refractivity contribution < 1.29 is 5.11 Å². The van der Waals surface area contributed by atoms with E-state index in [1.807, 2.05) is 0 Å². The van der Waals surface area contributed by atoms with Gasteiger partial charge >= 0.3 is 0 Å². The minimum absolute atomic E-state index is 0.127.